The van der Waals surface area contributed by atoms with Crippen LogP contribution in [0, 0.1) is 0 Å². The van der Waals surface area contributed by atoms with Crippen molar-refractivity contribution in [2.45, 2.75) is 20.0 Å². The zero-order valence-corrected chi connectivity index (χ0v) is 19.8. The topological polar surface area (TPSA) is 77.1 Å². The van der Waals surface area contributed by atoms with Crippen molar-refractivity contribution in [1.82, 2.24) is 24.1 Å². The van der Waals surface area contributed by atoms with Gasteiger partial charge in [0.2, 0.25) is 5.95 Å². The standard InChI is InChI=1S/C25H20Cl2N6O/c1-2-32-25(34)33-23(31-32)21(16-6-10-18(26)11-7-16)22(17-8-12-19(27)13-9-17)30-24(33)29-15-20-5-3-4-14-28-20/h3-14H,2,15H2,1H3,(H,29,30). The first-order chi connectivity index (χ1) is 16.5. The molecule has 0 atom stereocenters. The lowest BCUT2D eigenvalue weighted by molar-refractivity contribution is 0.633. The molecule has 0 amide bonds. The Morgan fingerprint density at radius 3 is 2.21 bits per heavy atom. The van der Waals surface area contributed by atoms with Crippen LogP contribution in [0.4, 0.5) is 5.95 Å². The molecule has 170 valence electrons. The van der Waals surface area contributed by atoms with Crippen LogP contribution in [0.5, 0.6) is 0 Å². The van der Waals surface area contributed by atoms with Gasteiger partial charge in [0.25, 0.3) is 0 Å². The number of rotatable bonds is 6. The molecule has 5 rings (SSSR count). The SMILES string of the molecule is CCn1nc2c(-c3ccc(Cl)cc3)c(-c3ccc(Cl)cc3)nc(NCc3ccccn3)n2c1=O. The third-order valence-electron chi connectivity index (χ3n) is 5.43. The minimum absolute atomic E-state index is 0.272. The van der Waals surface area contributed by atoms with Crippen molar-refractivity contribution >= 4 is 34.8 Å². The van der Waals surface area contributed by atoms with Crippen LogP contribution in [0.3, 0.4) is 0 Å². The number of anilines is 1. The molecule has 0 spiro atoms. The third-order valence-corrected chi connectivity index (χ3v) is 5.94. The molecule has 0 saturated heterocycles. The van der Waals surface area contributed by atoms with Gasteiger partial charge in [-0.2, -0.15) is 0 Å². The van der Waals surface area contributed by atoms with Gasteiger partial charge in [-0.15, -0.1) is 5.10 Å². The van der Waals surface area contributed by atoms with Crippen LogP contribution in [-0.2, 0) is 13.1 Å². The van der Waals surface area contributed by atoms with E-state index >= 15 is 0 Å². The van der Waals surface area contributed by atoms with Crippen molar-refractivity contribution in [3.63, 3.8) is 0 Å². The molecule has 0 saturated carbocycles. The molecule has 3 heterocycles. The van der Waals surface area contributed by atoms with Gasteiger partial charge in [-0.3, -0.25) is 4.98 Å². The largest absolute Gasteiger partial charge is 0.353 e. The van der Waals surface area contributed by atoms with Crippen molar-refractivity contribution in [2.75, 3.05) is 5.32 Å². The first-order valence-corrected chi connectivity index (χ1v) is 11.5. The van der Waals surface area contributed by atoms with Crippen LogP contribution in [0.25, 0.3) is 28.0 Å². The molecule has 0 unspecified atom stereocenters. The summed E-state index contributed by atoms with van der Waals surface area (Å²) in [4.78, 5) is 22.5. The second kappa shape index (κ2) is 9.29. The van der Waals surface area contributed by atoms with Crippen molar-refractivity contribution < 1.29 is 0 Å². The Morgan fingerprint density at radius 2 is 1.59 bits per heavy atom. The van der Waals surface area contributed by atoms with Crippen LogP contribution < -0.4 is 11.0 Å². The zero-order valence-electron chi connectivity index (χ0n) is 18.2. The minimum Gasteiger partial charge on any atom is -0.350 e. The Bertz CT molecular complexity index is 1510. The number of aryl methyl sites for hydroxylation is 1. The van der Waals surface area contributed by atoms with Crippen LogP contribution >= 0.6 is 23.2 Å². The van der Waals surface area contributed by atoms with Crippen LogP contribution in [-0.4, -0.2) is 24.1 Å². The highest BCUT2D eigenvalue weighted by molar-refractivity contribution is 6.31. The molecule has 9 heteroatoms. The van der Waals surface area contributed by atoms with Gasteiger partial charge < -0.3 is 5.32 Å². The van der Waals surface area contributed by atoms with E-state index < -0.39 is 0 Å². The average molecular weight is 491 g/mol. The van der Waals surface area contributed by atoms with Crippen molar-refractivity contribution in [2.24, 2.45) is 0 Å². The van der Waals surface area contributed by atoms with Gasteiger partial charge in [-0.25, -0.2) is 18.9 Å². The summed E-state index contributed by atoms with van der Waals surface area (Å²) in [6.07, 6.45) is 1.73. The number of hydrogen-bond donors (Lipinski definition) is 1. The molecule has 3 aromatic heterocycles. The molecular formula is C25H20Cl2N6O. The Labute approximate surface area is 205 Å². The van der Waals surface area contributed by atoms with Crippen molar-refractivity contribution in [1.29, 1.82) is 0 Å². The van der Waals surface area contributed by atoms with E-state index in [1.165, 1.54) is 9.08 Å². The highest BCUT2D eigenvalue weighted by Crippen LogP contribution is 2.35. The molecular weight excluding hydrogens is 471 g/mol. The lowest BCUT2D eigenvalue weighted by Crippen LogP contribution is -2.23. The first kappa shape index (κ1) is 22.1. The molecule has 0 aliphatic rings. The molecule has 1 N–H and O–H groups in total. The fraction of sp³-hybridized carbons (Fsp3) is 0.120. The summed E-state index contributed by atoms with van der Waals surface area (Å²) in [5.41, 5.74) is 4.13. The van der Waals surface area contributed by atoms with Crippen molar-refractivity contribution in [3.05, 3.63) is 99.2 Å². The van der Waals surface area contributed by atoms with Gasteiger partial charge in [0.15, 0.2) is 5.65 Å². The number of nitrogens with zero attached hydrogens (tertiary/aromatic N) is 5. The smallest absolute Gasteiger partial charge is 0.350 e. The summed E-state index contributed by atoms with van der Waals surface area (Å²) >= 11 is 12.3. The fourth-order valence-corrected chi connectivity index (χ4v) is 4.03. The lowest BCUT2D eigenvalue weighted by atomic mass is 10.00. The van der Waals surface area contributed by atoms with E-state index in [1.807, 2.05) is 61.5 Å². The number of nitrogens with one attached hydrogen (secondary N) is 1. The maximum absolute atomic E-state index is 13.3. The molecule has 7 nitrogen and oxygen atoms in total. The number of hydrogen-bond acceptors (Lipinski definition) is 5. The molecule has 0 fully saturated rings. The van der Waals surface area contributed by atoms with Gasteiger partial charge >= 0.3 is 5.69 Å². The quantitative estimate of drug-likeness (QED) is 0.337. The van der Waals surface area contributed by atoms with Crippen LogP contribution in [0.1, 0.15) is 12.6 Å². The number of fused-ring (bicyclic) bond motifs is 1. The third kappa shape index (κ3) is 4.16. The number of pyridine rings is 1. The van der Waals surface area contributed by atoms with E-state index in [9.17, 15) is 4.79 Å². The average Bonchev–Trinajstić information content (AvgIpc) is 3.20. The Morgan fingerprint density at radius 1 is 0.912 bits per heavy atom. The predicted molar refractivity (Wildman–Crippen MR) is 135 cm³/mol. The van der Waals surface area contributed by atoms with Crippen molar-refractivity contribution in [3.8, 4) is 22.4 Å². The molecule has 0 radical (unpaired) electrons. The molecule has 0 aliphatic heterocycles. The Hall–Kier alpha value is -3.68. The molecule has 34 heavy (non-hydrogen) atoms. The van der Waals surface area contributed by atoms with E-state index in [2.05, 4.69) is 15.4 Å². The van der Waals surface area contributed by atoms with E-state index in [1.54, 1.807) is 18.3 Å². The minimum atomic E-state index is -0.272. The highest BCUT2D eigenvalue weighted by atomic mass is 35.5. The van der Waals surface area contributed by atoms with E-state index in [0.29, 0.717) is 40.4 Å². The zero-order chi connectivity index (χ0) is 23.7. The number of halogens is 2. The summed E-state index contributed by atoms with van der Waals surface area (Å²) in [6.45, 7) is 2.70. The number of aromatic nitrogens is 5. The second-order valence-electron chi connectivity index (χ2n) is 7.60. The van der Waals surface area contributed by atoms with Gasteiger partial charge in [0.1, 0.15) is 0 Å². The normalized spacial score (nSPS) is 11.1. The molecule has 5 aromatic rings. The first-order valence-electron chi connectivity index (χ1n) is 10.7. The summed E-state index contributed by atoms with van der Waals surface area (Å²) in [7, 11) is 0. The lowest BCUT2D eigenvalue weighted by Gasteiger charge is -2.15. The molecule has 0 aliphatic carbocycles. The van der Waals surface area contributed by atoms with Gasteiger partial charge in [0.05, 0.1) is 23.5 Å². The Balaban J connectivity index is 1.79. The predicted octanol–water partition coefficient (Wildman–Crippen LogP) is 5.56. The van der Waals surface area contributed by atoms with E-state index in [0.717, 1.165) is 22.4 Å². The summed E-state index contributed by atoms with van der Waals surface area (Å²) in [6, 6.07) is 20.5. The van der Waals surface area contributed by atoms with Crippen LogP contribution in [0.2, 0.25) is 10.0 Å². The van der Waals surface area contributed by atoms with E-state index in [4.69, 9.17) is 28.2 Å². The summed E-state index contributed by atoms with van der Waals surface area (Å²) in [5, 5.41) is 9.18. The summed E-state index contributed by atoms with van der Waals surface area (Å²) < 4.78 is 2.93. The van der Waals surface area contributed by atoms with Gasteiger partial charge in [0, 0.05) is 28.4 Å². The van der Waals surface area contributed by atoms with Gasteiger partial charge in [-0.05, 0) is 48.9 Å². The van der Waals surface area contributed by atoms with Gasteiger partial charge in [-0.1, -0.05) is 53.5 Å². The fourth-order valence-electron chi connectivity index (χ4n) is 3.77. The monoisotopic (exact) mass is 490 g/mol. The number of benzene rings is 2. The van der Waals surface area contributed by atoms with E-state index in [-0.39, 0.29) is 5.69 Å². The highest BCUT2D eigenvalue weighted by Gasteiger charge is 2.22. The van der Waals surface area contributed by atoms with Crippen LogP contribution in [0.15, 0.2) is 77.7 Å². The molecule has 2 aromatic carbocycles. The molecule has 0 bridgehead atoms. The Kier molecular flexibility index (Phi) is 6.04. The summed E-state index contributed by atoms with van der Waals surface area (Å²) in [5.74, 6) is 0.382. The maximum Gasteiger partial charge on any atom is 0.353 e. The maximum atomic E-state index is 13.3. The second-order valence-corrected chi connectivity index (χ2v) is 8.48.